The van der Waals surface area contributed by atoms with E-state index in [2.05, 4.69) is 0 Å². The Morgan fingerprint density at radius 1 is 0.378 bits per heavy atom. The molecule has 0 radical (unpaired) electrons. The number of fused-ring (bicyclic) bond motifs is 5. The number of benzene rings is 8. The van der Waals surface area contributed by atoms with Crippen LogP contribution >= 0.6 is 0 Å². The van der Waals surface area contributed by atoms with Gasteiger partial charge in [-0.15, -0.1) is 0 Å². The normalized spacial score (nSPS) is 15.3. The third-order valence-electron chi connectivity index (χ3n) is 8.19. The Balaban J connectivity index is 1.65. The summed E-state index contributed by atoms with van der Waals surface area (Å²) in [5.41, 5.74) is 2.58. The van der Waals surface area contributed by atoms with E-state index in [0.29, 0.717) is 44.2 Å². The second kappa shape index (κ2) is 10.4. The van der Waals surface area contributed by atoms with Crippen LogP contribution in [0.3, 0.4) is 0 Å². The summed E-state index contributed by atoms with van der Waals surface area (Å²) in [5.74, 6) is 0. The molecule has 0 saturated carbocycles. The number of para-hydroxylation sites is 1. The molecule has 1 nitrogen and oxygen atoms in total. The summed E-state index contributed by atoms with van der Waals surface area (Å²) < 4.78 is 117. The first-order valence-electron chi connectivity index (χ1n) is 20.5. The highest BCUT2D eigenvalue weighted by molar-refractivity contribution is 6.27. The maximum absolute atomic E-state index is 9.61. The van der Waals surface area contributed by atoms with Crippen LogP contribution in [0.15, 0.2) is 174 Å². The zero-order chi connectivity index (χ0) is 40.2. The molecule has 45 heavy (non-hydrogen) atoms. The van der Waals surface area contributed by atoms with Crippen LogP contribution in [-0.2, 0) is 0 Å². The van der Waals surface area contributed by atoms with Gasteiger partial charge in [0.1, 0.15) is 11.2 Å². The third kappa shape index (κ3) is 4.09. The lowest BCUT2D eigenvalue weighted by molar-refractivity contribution is 0.669. The van der Waals surface area contributed by atoms with Crippen LogP contribution < -0.4 is 0 Å². The highest BCUT2D eigenvalue weighted by Crippen LogP contribution is 2.50. The molecule has 0 aliphatic carbocycles. The van der Waals surface area contributed by atoms with Crippen molar-refractivity contribution < 1.29 is 20.9 Å². The fraction of sp³-hybridized carbons (Fsp3) is 0. The van der Waals surface area contributed by atoms with E-state index in [0.717, 1.165) is 0 Å². The lowest BCUT2D eigenvalue weighted by Crippen LogP contribution is -1.94. The molecule has 8 aromatic carbocycles. The largest absolute Gasteiger partial charge is 0.456 e. The topological polar surface area (TPSA) is 13.1 Å². The Kier molecular flexibility index (Phi) is 3.74. The average molecular weight is 585 g/mol. The molecular weight excluding hydrogens is 544 g/mol. The highest BCUT2D eigenvalue weighted by atomic mass is 16.3. The maximum atomic E-state index is 9.61. The van der Waals surface area contributed by atoms with Crippen molar-refractivity contribution in [1.29, 1.82) is 0 Å². The molecule has 0 spiro atoms. The van der Waals surface area contributed by atoms with Crippen LogP contribution in [0.4, 0.5) is 0 Å². The molecule has 0 aliphatic rings. The standard InChI is InChI=1S/C44H28O/c1-3-14-29(15-4-1)31-18-13-19-32(28-31)41-34-20-7-9-22-36(34)42(37-23-10-8-21-35(37)41)44-33(30-16-5-2-6-17-30)26-27-40-43(44)38-24-11-12-25-39(38)45-40/h1-28H/i7D,8D,9D,10D,13D,18D,19D,20D,21D,22D,23D,28D. The van der Waals surface area contributed by atoms with Crippen LogP contribution in [0.5, 0.6) is 0 Å². The molecular formula is C44H28O. The minimum Gasteiger partial charge on any atom is -0.456 e. The summed E-state index contributed by atoms with van der Waals surface area (Å²) >= 11 is 0. The van der Waals surface area contributed by atoms with Crippen LogP contribution in [0.25, 0.3) is 88.0 Å². The molecule has 9 rings (SSSR count). The van der Waals surface area contributed by atoms with E-state index in [4.69, 9.17) is 12.6 Å². The Labute approximate surface area is 278 Å². The van der Waals surface area contributed by atoms with E-state index in [1.807, 2.05) is 54.6 Å². The Morgan fingerprint density at radius 3 is 1.64 bits per heavy atom. The van der Waals surface area contributed by atoms with Gasteiger partial charge in [0.2, 0.25) is 0 Å². The van der Waals surface area contributed by atoms with Gasteiger partial charge in [-0.05, 0) is 78.7 Å². The number of hydrogen-bond donors (Lipinski definition) is 0. The lowest BCUT2D eigenvalue weighted by atomic mass is 9.82. The smallest absolute Gasteiger partial charge is 0.136 e. The van der Waals surface area contributed by atoms with Gasteiger partial charge in [0, 0.05) is 16.3 Å². The number of furan rings is 1. The van der Waals surface area contributed by atoms with Crippen LogP contribution in [0.2, 0.25) is 0 Å². The summed E-state index contributed by atoms with van der Waals surface area (Å²) in [6.45, 7) is 0. The summed E-state index contributed by atoms with van der Waals surface area (Å²) in [4.78, 5) is 0. The van der Waals surface area contributed by atoms with E-state index in [1.165, 1.54) is 0 Å². The van der Waals surface area contributed by atoms with E-state index < -0.39 is 72.5 Å². The van der Waals surface area contributed by atoms with Crippen molar-refractivity contribution in [1.82, 2.24) is 0 Å². The van der Waals surface area contributed by atoms with Crippen molar-refractivity contribution in [3.8, 4) is 44.5 Å². The molecule has 1 heteroatoms. The fourth-order valence-electron chi connectivity index (χ4n) is 6.28. The van der Waals surface area contributed by atoms with Crippen molar-refractivity contribution >= 4 is 43.5 Å². The summed E-state index contributed by atoms with van der Waals surface area (Å²) in [6.07, 6.45) is 0. The predicted octanol–water partition coefficient (Wildman–Crippen LogP) is 12.6. The molecule has 0 N–H and O–H groups in total. The maximum Gasteiger partial charge on any atom is 0.136 e. The number of rotatable bonds is 4. The van der Waals surface area contributed by atoms with Gasteiger partial charge in [0.25, 0.3) is 0 Å². The summed E-state index contributed by atoms with van der Waals surface area (Å²) in [7, 11) is 0. The molecule has 0 aliphatic heterocycles. The van der Waals surface area contributed by atoms with Crippen molar-refractivity contribution in [2.75, 3.05) is 0 Å². The molecule has 0 unspecified atom stereocenters. The monoisotopic (exact) mass is 584 g/mol. The third-order valence-corrected chi connectivity index (χ3v) is 8.19. The molecule has 0 atom stereocenters. The zero-order valence-corrected chi connectivity index (χ0v) is 23.6. The fourth-order valence-corrected chi connectivity index (χ4v) is 6.28. The van der Waals surface area contributed by atoms with Crippen molar-refractivity contribution in [2.45, 2.75) is 0 Å². The van der Waals surface area contributed by atoms with Crippen LogP contribution in [0, 0.1) is 0 Å². The van der Waals surface area contributed by atoms with Gasteiger partial charge in [-0.1, -0.05) is 151 Å². The quantitative estimate of drug-likeness (QED) is 0.188. The van der Waals surface area contributed by atoms with Crippen molar-refractivity contribution in [2.24, 2.45) is 0 Å². The second-order valence-electron chi connectivity index (χ2n) is 10.7. The van der Waals surface area contributed by atoms with Crippen molar-refractivity contribution in [3.63, 3.8) is 0 Å². The first-order valence-corrected chi connectivity index (χ1v) is 14.5. The van der Waals surface area contributed by atoms with Crippen molar-refractivity contribution in [3.05, 3.63) is 170 Å². The van der Waals surface area contributed by atoms with Crippen LogP contribution in [-0.4, -0.2) is 0 Å². The molecule has 0 fully saturated rings. The Morgan fingerprint density at radius 2 is 0.956 bits per heavy atom. The first kappa shape index (κ1) is 16.2. The highest BCUT2D eigenvalue weighted by Gasteiger charge is 2.23. The first-order chi connectivity index (χ1) is 27.3. The molecule has 0 saturated heterocycles. The lowest BCUT2D eigenvalue weighted by Gasteiger charge is -2.20. The minimum absolute atomic E-state index is 0.0142. The van der Waals surface area contributed by atoms with Gasteiger partial charge in [-0.3, -0.25) is 0 Å². The van der Waals surface area contributed by atoms with Gasteiger partial charge < -0.3 is 4.42 Å². The SMILES string of the molecule is [2H]c1c([2H])c(-c2ccccc2)c([2H])c(-c2c3c([2H])c([2H])c([2H])c([2H])c3c(-c3c(-c4ccccc4)ccc4oc5ccccc5c34)c3c([2H])c([2H])c([2H])c([2H])c23)c1[2H]. The van der Waals surface area contributed by atoms with E-state index >= 15 is 0 Å². The van der Waals surface area contributed by atoms with E-state index in [1.54, 1.807) is 42.5 Å². The molecule has 1 aromatic heterocycles. The molecule has 210 valence electrons. The van der Waals surface area contributed by atoms with E-state index in [-0.39, 0.29) is 43.8 Å². The summed E-state index contributed by atoms with van der Waals surface area (Å²) in [5, 5.41) is 0.593. The zero-order valence-electron chi connectivity index (χ0n) is 35.6. The summed E-state index contributed by atoms with van der Waals surface area (Å²) in [6, 6.07) is 22.0. The van der Waals surface area contributed by atoms with Gasteiger partial charge in [0.15, 0.2) is 0 Å². The van der Waals surface area contributed by atoms with E-state index in [9.17, 15) is 8.22 Å². The van der Waals surface area contributed by atoms with Gasteiger partial charge in [-0.25, -0.2) is 0 Å². The molecule has 1 heterocycles. The molecule has 0 bridgehead atoms. The molecule has 0 amide bonds. The van der Waals surface area contributed by atoms with Gasteiger partial charge >= 0.3 is 0 Å². The minimum atomic E-state index is -0.639. The molecule has 9 aromatic rings. The van der Waals surface area contributed by atoms with Gasteiger partial charge in [0.05, 0.1) is 16.4 Å². The predicted molar refractivity (Wildman–Crippen MR) is 190 cm³/mol. The Bertz CT molecular complexity index is 3110. The second-order valence-corrected chi connectivity index (χ2v) is 10.7. The Hall–Kier alpha value is -5.92. The average Bonchev–Trinajstić information content (AvgIpc) is 3.61. The van der Waals surface area contributed by atoms with Crippen LogP contribution in [0.1, 0.15) is 16.4 Å². The number of hydrogen-bond acceptors (Lipinski definition) is 1. The van der Waals surface area contributed by atoms with Gasteiger partial charge in [-0.2, -0.15) is 0 Å².